The van der Waals surface area contributed by atoms with E-state index in [9.17, 15) is 24.0 Å². The Balaban J connectivity index is 1.56. The van der Waals surface area contributed by atoms with Crippen molar-refractivity contribution >= 4 is 46.9 Å². The fourth-order valence-electron chi connectivity index (χ4n) is 3.19. The van der Waals surface area contributed by atoms with Crippen LogP contribution in [0.15, 0.2) is 48.5 Å². The molecular weight excluding hydrogens is 450 g/mol. The number of anilines is 1. The summed E-state index contributed by atoms with van der Waals surface area (Å²) in [5.74, 6) is -2.20. The molecule has 0 unspecified atom stereocenters. The number of urea groups is 1. The molecule has 33 heavy (non-hydrogen) atoms. The van der Waals surface area contributed by atoms with Crippen LogP contribution < -0.4 is 10.6 Å². The minimum Gasteiger partial charge on any atom is -0.456 e. The lowest BCUT2D eigenvalue weighted by molar-refractivity contribution is -0.147. The van der Waals surface area contributed by atoms with Crippen LogP contribution >= 0.6 is 11.6 Å². The van der Waals surface area contributed by atoms with Crippen LogP contribution in [0.1, 0.15) is 36.2 Å². The summed E-state index contributed by atoms with van der Waals surface area (Å²) in [5, 5.41) is 5.37. The van der Waals surface area contributed by atoms with Crippen molar-refractivity contribution in [3.8, 4) is 0 Å². The molecule has 0 aromatic heterocycles. The summed E-state index contributed by atoms with van der Waals surface area (Å²) in [6.07, 6.45) is -0.263. The summed E-state index contributed by atoms with van der Waals surface area (Å²) < 4.78 is 4.94. The molecule has 4 amide bonds. The third kappa shape index (κ3) is 5.75. The predicted octanol–water partition coefficient (Wildman–Crippen LogP) is 2.77. The van der Waals surface area contributed by atoms with Gasteiger partial charge in [-0.1, -0.05) is 41.9 Å². The standard InChI is InChI=1S/C23H22ClN3O6/c1-23(2)21(31)27(22(32)26-23)11-10-19(29)33-13-18(28)25-17-9-8-15(24)12-16(17)20(30)14-6-4-3-5-7-14/h3-9,12H,10-11,13H2,1-2H3,(H,25,28)(H,26,32). The highest BCUT2D eigenvalue weighted by Crippen LogP contribution is 2.24. The Labute approximate surface area is 195 Å². The van der Waals surface area contributed by atoms with Gasteiger partial charge in [-0.3, -0.25) is 24.1 Å². The molecule has 10 heteroatoms. The van der Waals surface area contributed by atoms with E-state index in [1.54, 1.807) is 44.2 Å². The van der Waals surface area contributed by atoms with Crippen molar-refractivity contribution in [2.45, 2.75) is 25.8 Å². The molecule has 2 aromatic rings. The van der Waals surface area contributed by atoms with Gasteiger partial charge in [-0.2, -0.15) is 0 Å². The van der Waals surface area contributed by atoms with E-state index in [1.807, 2.05) is 0 Å². The van der Waals surface area contributed by atoms with Gasteiger partial charge in [0.05, 0.1) is 12.1 Å². The van der Waals surface area contributed by atoms with Crippen molar-refractivity contribution in [1.82, 2.24) is 10.2 Å². The maximum absolute atomic E-state index is 12.8. The van der Waals surface area contributed by atoms with Crippen LogP contribution in [0.5, 0.6) is 0 Å². The molecule has 0 atom stereocenters. The average Bonchev–Trinajstić information content (AvgIpc) is 2.98. The third-order valence-electron chi connectivity index (χ3n) is 4.88. The average molecular weight is 472 g/mol. The summed E-state index contributed by atoms with van der Waals surface area (Å²) >= 11 is 6.02. The first-order valence-corrected chi connectivity index (χ1v) is 10.4. The molecule has 1 heterocycles. The highest BCUT2D eigenvalue weighted by molar-refractivity contribution is 6.31. The summed E-state index contributed by atoms with van der Waals surface area (Å²) in [5.41, 5.74) is -0.204. The predicted molar refractivity (Wildman–Crippen MR) is 120 cm³/mol. The van der Waals surface area contributed by atoms with Crippen molar-refractivity contribution in [2.24, 2.45) is 0 Å². The second-order valence-corrected chi connectivity index (χ2v) is 8.29. The Bertz CT molecular complexity index is 1120. The second kappa shape index (κ2) is 9.83. The van der Waals surface area contributed by atoms with Crippen LogP contribution in [0, 0.1) is 0 Å². The minimum absolute atomic E-state index is 0.165. The quantitative estimate of drug-likeness (QED) is 0.347. The number of nitrogens with zero attached hydrogens (tertiary/aromatic N) is 1. The summed E-state index contributed by atoms with van der Waals surface area (Å²) in [6, 6.07) is 12.4. The molecule has 0 aliphatic carbocycles. The van der Waals surface area contributed by atoms with Crippen LogP contribution in [-0.2, 0) is 19.1 Å². The number of carbonyl (C=O) groups excluding carboxylic acids is 5. The van der Waals surface area contributed by atoms with Gasteiger partial charge in [-0.05, 0) is 32.0 Å². The van der Waals surface area contributed by atoms with Gasteiger partial charge < -0.3 is 15.4 Å². The number of carbonyl (C=O) groups is 5. The van der Waals surface area contributed by atoms with Gasteiger partial charge in [0.1, 0.15) is 5.54 Å². The number of amides is 4. The zero-order valence-corrected chi connectivity index (χ0v) is 18.8. The number of hydrogen-bond donors (Lipinski definition) is 2. The fraction of sp³-hybridized carbons (Fsp3) is 0.261. The van der Waals surface area contributed by atoms with E-state index in [4.69, 9.17) is 16.3 Å². The van der Waals surface area contributed by atoms with E-state index in [0.29, 0.717) is 10.6 Å². The van der Waals surface area contributed by atoms with Crippen molar-refractivity contribution in [2.75, 3.05) is 18.5 Å². The Morgan fingerprint density at radius 1 is 1.09 bits per heavy atom. The lowest BCUT2D eigenvalue weighted by atomic mass is 10.0. The number of hydrogen-bond acceptors (Lipinski definition) is 6. The van der Waals surface area contributed by atoms with Gasteiger partial charge >= 0.3 is 12.0 Å². The van der Waals surface area contributed by atoms with Gasteiger partial charge in [0.25, 0.3) is 11.8 Å². The second-order valence-electron chi connectivity index (χ2n) is 7.86. The zero-order chi connectivity index (χ0) is 24.2. The maximum atomic E-state index is 12.8. The summed E-state index contributed by atoms with van der Waals surface area (Å²) in [4.78, 5) is 62.0. The molecule has 1 saturated heterocycles. The van der Waals surface area contributed by atoms with Crippen molar-refractivity contribution in [3.63, 3.8) is 0 Å². The number of nitrogens with one attached hydrogen (secondary N) is 2. The Morgan fingerprint density at radius 2 is 1.79 bits per heavy atom. The number of esters is 1. The number of imide groups is 1. The highest BCUT2D eigenvalue weighted by atomic mass is 35.5. The van der Waals surface area contributed by atoms with E-state index < -0.39 is 36.0 Å². The molecule has 172 valence electrons. The third-order valence-corrected chi connectivity index (χ3v) is 5.12. The van der Waals surface area contributed by atoms with Crippen LogP contribution in [0.3, 0.4) is 0 Å². The van der Waals surface area contributed by atoms with Crippen LogP contribution in [0.2, 0.25) is 5.02 Å². The van der Waals surface area contributed by atoms with E-state index in [0.717, 1.165) is 4.90 Å². The first-order valence-electron chi connectivity index (χ1n) is 10.1. The molecule has 1 aliphatic heterocycles. The monoisotopic (exact) mass is 471 g/mol. The Morgan fingerprint density at radius 3 is 2.42 bits per heavy atom. The molecule has 0 bridgehead atoms. The molecular formula is C23H22ClN3O6. The van der Waals surface area contributed by atoms with Gasteiger partial charge in [0.2, 0.25) is 0 Å². The summed E-state index contributed by atoms with van der Waals surface area (Å²) in [7, 11) is 0. The molecule has 0 radical (unpaired) electrons. The molecule has 1 fully saturated rings. The smallest absolute Gasteiger partial charge is 0.325 e. The lowest BCUT2D eigenvalue weighted by Crippen LogP contribution is -2.40. The Kier molecular flexibility index (Phi) is 7.13. The van der Waals surface area contributed by atoms with Gasteiger partial charge in [-0.25, -0.2) is 4.79 Å². The number of ketones is 1. The molecule has 0 spiro atoms. The maximum Gasteiger partial charge on any atom is 0.325 e. The highest BCUT2D eigenvalue weighted by Gasteiger charge is 2.44. The number of ether oxygens (including phenoxy) is 1. The molecule has 3 rings (SSSR count). The van der Waals surface area contributed by atoms with Crippen LogP contribution in [0.4, 0.5) is 10.5 Å². The Hall–Kier alpha value is -3.72. The first kappa shape index (κ1) is 23.9. The fourth-order valence-corrected chi connectivity index (χ4v) is 3.36. The van der Waals surface area contributed by atoms with Crippen molar-refractivity contribution in [1.29, 1.82) is 0 Å². The molecule has 9 nitrogen and oxygen atoms in total. The van der Waals surface area contributed by atoms with E-state index in [1.165, 1.54) is 18.2 Å². The number of rotatable bonds is 8. The largest absolute Gasteiger partial charge is 0.456 e. The van der Waals surface area contributed by atoms with Crippen molar-refractivity contribution in [3.05, 3.63) is 64.7 Å². The topological polar surface area (TPSA) is 122 Å². The first-order chi connectivity index (χ1) is 15.6. The van der Waals surface area contributed by atoms with E-state index in [-0.39, 0.29) is 30.0 Å². The zero-order valence-electron chi connectivity index (χ0n) is 18.0. The summed E-state index contributed by atoms with van der Waals surface area (Å²) in [6.45, 7) is 2.35. The van der Waals surface area contributed by atoms with Crippen molar-refractivity contribution < 1.29 is 28.7 Å². The van der Waals surface area contributed by atoms with Crippen LogP contribution in [0.25, 0.3) is 0 Å². The van der Waals surface area contributed by atoms with E-state index in [2.05, 4.69) is 10.6 Å². The minimum atomic E-state index is -1.03. The molecule has 2 N–H and O–H groups in total. The lowest BCUT2D eigenvalue weighted by Gasteiger charge is -2.15. The van der Waals surface area contributed by atoms with Gasteiger partial charge in [0.15, 0.2) is 12.4 Å². The normalized spacial score (nSPS) is 14.6. The SMILES string of the molecule is CC1(C)NC(=O)N(CCC(=O)OCC(=O)Nc2ccc(Cl)cc2C(=O)c2ccccc2)C1=O. The van der Waals surface area contributed by atoms with Crippen LogP contribution in [-0.4, -0.2) is 53.2 Å². The molecule has 1 aliphatic rings. The van der Waals surface area contributed by atoms with Gasteiger partial charge in [0, 0.05) is 22.7 Å². The molecule has 2 aromatic carbocycles. The molecule has 0 saturated carbocycles. The number of halogens is 1. The van der Waals surface area contributed by atoms with Gasteiger partial charge in [-0.15, -0.1) is 0 Å². The van der Waals surface area contributed by atoms with E-state index >= 15 is 0 Å². The number of benzene rings is 2.